The molecule has 0 fully saturated rings. The third kappa shape index (κ3) is 4.92. The number of nitrogens with one attached hydrogen (secondary N) is 1. The quantitative estimate of drug-likeness (QED) is 0.446. The summed E-state index contributed by atoms with van der Waals surface area (Å²) in [6, 6.07) is 0. The smallest absolute Gasteiger partial charge is 0.341 e. The van der Waals surface area contributed by atoms with Gasteiger partial charge in [0.2, 0.25) is 0 Å². The van der Waals surface area contributed by atoms with Crippen molar-refractivity contribution in [3.05, 3.63) is 41.3 Å². The fourth-order valence-electron chi connectivity index (χ4n) is 3.05. The number of fused-ring (bicyclic) bond motifs is 1. The second kappa shape index (κ2) is 9.73. The highest BCUT2D eigenvalue weighted by atomic mass is 32.1. The van der Waals surface area contributed by atoms with Crippen molar-refractivity contribution in [1.82, 2.24) is 4.90 Å². The first-order chi connectivity index (χ1) is 12.1. The highest BCUT2D eigenvalue weighted by Gasteiger charge is 2.25. The van der Waals surface area contributed by atoms with Gasteiger partial charge in [0.15, 0.2) is 5.11 Å². The van der Waals surface area contributed by atoms with E-state index in [4.69, 9.17) is 17.0 Å². The molecular weight excluding hydrogens is 352 g/mol. The van der Waals surface area contributed by atoms with Crippen molar-refractivity contribution >= 4 is 39.6 Å². The summed E-state index contributed by atoms with van der Waals surface area (Å²) in [6.45, 7) is 8.78. The summed E-state index contributed by atoms with van der Waals surface area (Å²) < 4.78 is 5.05. The number of ether oxygens (including phenoxy) is 1. The van der Waals surface area contributed by atoms with E-state index in [0.717, 1.165) is 36.2 Å². The van der Waals surface area contributed by atoms with Crippen LogP contribution in [-0.2, 0) is 17.6 Å². The summed E-state index contributed by atoms with van der Waals surface area (Å²) in [5.74, 6) is -0.289. The molecule has 0 unspecified atom stereocenters. The summed E-state index contributed by atoms with van der Waals surface area (Å²) in [5.41, 5.74) is 1.80. The predicted octanol–water partition coefficient (Wildman–Crippen LogP) is 4.56. The number of hydrogen-bond donors (Lipinski definition) is 1. The van der Waals surface area contributed by atoms with Crippen LogP contribution in [0.15, 0.2) is 25.3 Å². The van der Waals surface area contributed by atoms with Gasteiger partial charge in [0.25, 0.3) is 0 Å². The van der Waals surface area contributed by atoms with Crippen molar-refractivity contribution in [3.8, 4) is 0 Å². The lowest BCUT2D eigenvalue weighted by Gasteiger charge is -2.22. The van der Waals surface area contributed by atoms with Gasteiger partial charge in [-0.3, -0.25) is 0 Å². The Kier molecular flexibility index (Phi) is 7.65. The lowest BCUT2D eigenvalue weighted by Crippen LogP contribution is -2.35. The maximum Gasteiger partial charge on any atom is 0.341 e. The van der Waals surface area contributed by atoms with E-state index in [0.29, 0.717) is 23.8 Å². The minimum Gasteiger partial charge on any atom is -0.465 e. The molecule has 1 aliphatic rings. The number of thiocarbonyl (C=S) groups is 1. The van der Waals surface area contributed by atoms with E-state index in [1.54, 1.807) is 23.5 Å². The molecule has 2 rings (SSSR count). The first-order valence-electron chi connectivity index (χ1n) is 8.63. The lowest BCUT2D eigenvalue weighted by molar-refractivity contribution is 0.0601. The van der Waals surface area contributed by atoms with Gasteiger partial charge in [0.1, 0.15) is 5.00 Å². The van der Waals surface area contributed by atoms with Crippen molar-refractivity contribution < 1.29 is 9.53 Å². The third-order valence-corrected chi connectivity index (χ3v) is 5.83. The molecular formula is C19H26N2O2S2. The molecule has 0 spiro atoms. The number of methoxy groups -OCH3 is 1. The van der Waals surface area contributed by atoms with Gasteiger partial charge in [-0.05, 0) is 43.5 Å². The fraction of sp³-hybridized carbons (Fsp3) is 0.474. The molecule has 1 heterocycles. The summed E-state index contributed by atoms with van der Waals surface area (Å²) in [5, 5.41) is 4.64. The van der Waals surface area contributed by atoms with Gasteiger partial charge in [0.05, 0.1) is 12.7 Å². The molecule has 0 radical (unpaired) electrons. The normalized spacial score (nSPS) is 13.8. The van der Waals surface area contributed by atoms with Crippen LogP contribution in [0.5, 0.6) is 0 Å². The molecule has 6 heteroatoms. The molecule has 0 saturated carbocycles. The van der Waals surface area contributed by atoms with Gasteiger partial charge in [0, 0.05) is 18.0 Å². The maximum atomic E-state index is 12.4. The average Bonchev–Trinajstić information content (AvgIpc) is 2.90. The number of nitrogens with zero attached hydrogens (tertiary/aromatic N) is 1. The molecule has 0 aliphatic heterocycles. The molecule has 1 aliphatic carbocycles. The first kappa shape index (κ1) is 19.7. The average molecular weight is 379 g/mol. The molecule has 25 heavy (non-hydrogen) atoms. The Morgan fingerprint density at radius 3 is 2.48 bits per heavy atom. The monoisotopic (exact) mass is 378 g/mol. The summed E-state index contributed by atoms with van der Waals surface area (Å²) >= 11 is 7.17. The van der Waals surface area contributed by atoms with Gasteiger partial charge in [-0.15, -0.1) is 24.5 Å². The highest BCUT2D eigenvalue weighted by molar-refractivity contribution is 7.80. The van der Waals surface area contributed by atoms with Gasteiger partial charge < -0.3 is 15.0 Å². The van der Waals surface area contributed by atoms with Crippen LogP contribution in [0.3, 0.4) is 0 Å². The SMILES string of the molecule is C=CCN(CC=C)C(=S)Nc1sc2c(c1C(=O)OC)CCCCCC2. The minimum absolute atomic E-state index is 0.289. The van der Waals surface area contributed by atoms with Crippen LogP contribution >= 0.6 is 23.6 Å². The zero-order valence-corrected chi connectivity index (χ0v) is 16.4. The van der Waals surface area contributed by atoms with Crippen LogP contribution in [0.2, 0.25) is 0 Å². The fourth-order valence-corrected chi connectivity index (χ4v) is 4.65. The summed E-state index contributed by atoms with van der Waals surface area (Å²) in [6.07, 6.45) is 10.3. The Balaban J connectivity index is 2.33. The number of rotatable bonds is 6. The number of thiophene rings is 1. The number of carbonyl (C=O) groups excluding carboxylic acids is 1. The molecule has 0 amide bonds. The first-order valence-corrected chi connectivity index (χ1v) is 9.85. The van der Waals surface area contributed by atoms with E-state index in [2.05, 4.69) is 18.5 Å². The Hall–Kier alpha value is -1.66. The molecule has 4 nitrogen and oxygen atoms in total. The largest absolute Gasteiger partial charge is 0.465 e. The second-order valence-electron chi connectivity index (χ2n) is 6.03. The van der Waals surface area contributed by atoms with Crippen molar-refractivity contribution in [1.29, 1.82) is 0 Å². The second-order valence-corrected chi connectivity index (χ2v) is 7.52. The number of carbonyl (C=O) groups is 1. The molecule has 0 atom stereocenters. The van der Waals surface area contributed by atoms with Crippen LogP contribution in [0.25, 0.3) is 0 Å². The minimum atomic E-state index is -0.289. The molecule has 136 valence electrons. The third-order valence-electron chi connectivity index (χ3n) is 4.27. The van der Waals surface area contributed by atoms with E-state index in [9.17, 15) is 4.79 Å². The molecule has 0 bridgehead atoms. The van der Waals surface area contributed by atoms with Gasteiger partial charge in [-0.1, -0.05) is 25.0 Å². The number of esters is 1. The summed E-state index contributed by atoms with van der Waals surface area (Å²) in [4.78, 5) is 15.7. The van der Waals surface area contributed by atoms with E-state index < -0.39 is 0 Å². The summed E-state index contributed by atoms with van der Waals surface area (Å²) in [7, 11) is 1.43. The van der Waals surface area contributed by atoms with E-state index in [-0.39, 0.29) is 5.97 Å². The van der Waals surface area contributed by atoms with Gasteiger partial charge >= 0.3 is 5.97 Å². The predicted molar refractivity (Wildman–Crippen MR) is 110 cm³/mol. The van der Waals surface area contributed by atoms with E-state index >= 15 is 0 Å². The Bertz CT molecular complexity index is 642. The molecule has 0 saturated heterocycles. The van der Waals surface area contributed by atoms with Crippen LogP contribution < -0.4 is 5.32 Å². The van der Waals surface area contributed by atoms with Crippen LogP contribution in [0.4, 0.5) is 5.00 Å². The Morgan fingerprint density at radius 1 is 1.24 bits per heavy atom. The van der Waals surface area contributed by atoms with Crippen molar-refractivity contribution in [2.45, 2.75) is 38.5 Å². The van der Waals surface area contributed by atoms with E-state index in [1.807, 2.05) is 4.90 Å². The molecule has 1 aromatic heterocycles. The Labute approximate surface area is 159 Å². The van der Waals surface area contributed by atoms with Crippen molar-refractivity contribution in [3.63, 3.8) is 0 Å². The number of aryl methyl sites for hydroxylation is 1. The zero-order chi connectivity index (χ0) is 18.2. The van der Waals surface area contributed by atoms with Crippen molar-refractivity contribution in [2.24, 2.45) is 0 Å². The molecule has 1 N–H and O–H groups in total. The lowest BCUT2D eigenvalue weighted by atomic mass is 9.96. The number of hydrogen-bond acceptors (Lipinski definition) is 4. The highest BCUT2D eigenvalue weighted by Crippen LogP contribution is 2.37. The van der Waals surface area contributed by atoms with Crippen molar-refractivity contribution in [2.75, 3.05) is 25.5 Å². The standard InChI is InChI=1S/C19H26N2O2S2/c1-4-12-21(13-5-2)19(24)20-17-16(18(22)23-3)14-10-8-6-7-9-11-15(14)25-17/h4-5H,1-2,6-13H2,3H3,(H,20,24). The van der Waals surface area contributed by atoms with Crippen LogP contribution in [0.1, 0.15) is 46.5 Å². The zero-order valence-electron chi connectivity index (χ0n) is 14.8. The maximum absolute atomic E-state index is 12.4. The Morgan fingerprint density at radius 2 is 1.88 bits per heavy atom. The topological polar surface area (TPSA) is 41.6 Å². The van der Waals surface area contributed by atoms with Gasteiger partial charge in [-0.25, -0.2) is 4.79 Å². The van der Waals surface area contributed by atoms with Crippen LogP contribution in [-0.4, -0.2) is 36.2 Å². The number of anilines is 1. The van der Waals surface area contributed by atoms with E-state index in [1.165, 1.54) is 24.8 Å². The van der Waals surface area contributed by atoms with Gasteiger partial charge in [-0.2, -0.15) is 0 Å². The van der Waals surface area contributed by atoms with Crippen LogP contribution in [0, 0.1) is 0 Å². The molecule has 0 aromatic carbocycles. The molecule has 1 aromatic rings.